The molecular weight excluding hydrogens is 296 g/mol. The van der Waals surface area contributed by atoms with E-state index in [0.717, 1.165) is 17.1 Å². The summed E-state index contributed by atoms with van der Waals surface area (Å²) < 4.78 is 11.1. The number of hydrogen-bond acceptors (Lipinski definition) is 4. The highest BCUT2D eigenvalue weighted by molar-refractivity contribution is 5.77. The molecule has 0 aliphatic carbocycles. The Morgan fingerprint density at radius 3 is 2.35 bits per heavy atom. The van der Waals surface area contributed by atoms with Gasteiger partial charge in [-0.1, -0.05) is 6.07 Å². The standard InChI is InChI=1S/C17H22N2O4/c1-13(20)18-6-8-19(9-7-18)17(21)5-3-14-2-4-15-16(12-14)23-11-10-22-15/h2,4,12H,3,5-11H2,1H3. The molecule has 0 N–H and O–H groups in total. The number of rotatable bonds is 3. The second kappa shape index (κ2) is 6.89. The second-order valence-electron chi connectivity index (χ2n) is 5.86. The minimum absolute atomic E-state index is 0.0772. The van der Waals surface area contributed by atoms with Crippen molar-refractivity contribution in [3.8, 4) is 11.5 Å². The van der Waals surface area contributed by atoms with E-state index in [2.05, 4.69) is 0 Å². The van der Waals surface area contributed by atoms with Crippen LogP contribution in [0.15, 0.2) is 18.2 Å². The number of piperazine rings is 1. The first-order valence-electron chi connectivity index (χ1n) is 8.05. The van der Waals surface area contributed by atoms with Crippen molar-refractivity contribution in [2.45, 2.75) is 19.8 Å². The van der Waals surface area contributed by atoms with E-state index in [4.69, 9.17) is 9.47 Å². The molecule has 1 aromatic rings. The van der Waals surface area contributed by atoms with Crippen LogP contribution in [-0.4, -0.2) is 61.0 Å². The third-order valence-electron chi connectivity index (χ3n) is 4.31. The van der Waals surface area contributed by atoms with Crippen molar-refractivity contribution in [1.29, 1.82) is 0 Å². The third kappa shape index (κ3) is 3.75. The van der Waals surface area contributed by atoms with Crippen molar-refractivity contribution in [3.05, 3.63) is 23.8 Å². The SMILES string of the molecule is CC(=O)N1CCN(C(=O)CCc2ccc3c(c2)OCCO3)CC1. The van der Waals surface area contributed by atoms with Crippen LogP contribution in [-0.2, 0) is 16.0 Å². The molecule has 2 heterocycles. The van der Waals surface area contributed by atoms with Crippen LogP contribution in [0.5, 0.6) is 11.5 Å². The van der Waals surface area contributed by atoms with Crippen molar-refractivity contribution in [3.63, 3.8) is 0 Å². The average Bonchev–Trinajstić information content (AvgIpc) is 2.59. The number of benzene rings is 1. The summed E-state index contributed by atoms with van der Waals surface area (Å²) in [5.41, 5.74) is 1.07. The molecule has 0 unspecified atom stereocenters. The lowest BCUT2D eigenvalue weighted by Crippen LogP contribution is -2.50. The zero-order chi connectivity index (χ0) is 16.2. The van der Waals surface area contributed by atoms with Crippen molar-refractivity contribution in [2.75, 3.05) is 39.4 Å². The minimum atomic E-state index is 0.0772. The van der Waals surface area contributed by atoms with Gasteiger partial charge in [0.05, 0.1) is 0 Å². The van der Waals surface area contributed by atoms with Gasteiger partial charge in [0, 0.05) is 39.5 Å². The summed E-state index contributed by atoms with van der Waals surface area (Å²) in [6.07, 6.45) is 1.15. The van der Waals surface area contributed by atoms with E-state index in [0.29, 0.717) is 52.2 Å². The summed E-state index contributed by atoms with van der Waals surface area (Å²) in [6, 6.07) is 5.84. The predicted octanol–water partition coefficient (Wildman–Crippen LogP) is 1.08. The van der Waals surface area contributed by atoms with E-state index in [1.807, 2.05) is 23.1 Å². The number of fused-ring (bicyclic) bond motifs is 1. The summed E-state index contributed by atoms with van der Waals surface area (Å²) in [4.78, 5) is 27.2. The van der Waals surface area contributed by atoms with Gasteiger partial charge in [0.25, 0.3) is 0 Å². The summed E-state index contributed by atoms with van der Waals surface area (Å²) in [5.74, 6) is 1.75. The number of amides is 2. The van der Waals surface area contributed by atoms with Crippen LogP contribution in [0.25, 0.3) is 0 Å². The summed E-state index contributed by atoms with van der Waals surface area (Å²) >= 11 is 0. The van der Waals surface area contributed by atoms with Gasteiger partial charge in [-0.3, -0.25) is 9.59 Å². The highest BCUT2D eigenvalue weighted by Crippen LogP contribution is 2.31. The van der Waals surface area contributed by atoms with Crippen molar-refractivity contribution in [1.82, 2.24) is 9.80 Å². The Morgan fingerprint density at radius 1 is 1.00 bits per heavy atom. The molecule has 124 valence electrons. The van der Waals surface area contributed by atoms with E-state index in [9.17, 15) is 9.59 Å². The number of ether oxygens (including phenoxy) is 2. The highest BCUT2D eigenvalue weighted by Gasteiger charge is 2.22. The molecule has 0 radical (unpaired) electrons. The molecule has 0 saturated carbocycles. The smallest absolute Gasteiger partial charge is 0.223 e. The topological polar surface area (TPSA) is 59.1 Å². The number of aryl methyl sites for hydroxylation is 1. The van der Waals surface area contributed by atoms with Gasteiger partial charge >= 0.3 is 0 Å². The molecular formula is C17H22N2O4. The lowest BCUT2D eigenvalue weighted by Gasteiger charge is -2.34. The van der Waals surface area contributed by atoms with Gasteiger partial charge in [-0.05, 0) is 24.1 Å². The Kier molecular flexibility index (Phi) is 4.69. The zero-order valence-corrected chi connectivity index (χ0v) is 13.4. The molecule has 0 bridgehead atoms. The predicted molar refractivity (Wildman–Crippen MR) is 84.6 cm³/mol. The maximum absolute atomic E-state index is 12.3. The van der Waals surface area contributed by atoms with E-state index in [-0.39, 0.29) is 11.8 Å². The van der Waals surface area contributed by atoms with Crippen LogP contribution in [0, 0.1) is 0 Å². The molecule has 0 spiro atoms. The Balaban J connectivity index is 1.50. The Labute approximate surface area is 136 Å². The lowest BCUT2D eigenvalue weighted by atomic mass is 10.1. The number of hydrogen-bond donors (Lipinski definition) is 0. The number of carbonyl (C=O) groups excluding carboxylic acids is 2. The molecule has 6 heteroatoms. The van der Waals surface area contributed by atoms with Gasteiger partial charge in [-0.2, -0.15) is 0 Å². The maximum atomic E-state index is 12.3. The number of carbonyl (C=O) groups is 2. The lowest BCUT2D eigenvalue weighted by molar-refractivity contribution is -0.138. The van der Waals surface area contributed by atoms with Gasteiger partial charge in [-0.25, -0.2) is 0 Å². The fourth-order valence-corrected chi connectivity index (χ4v) is 2.92. The van der Waals surface area contributed by atoms with E-state index >= 15 is 0 Å². The quantitative estimate of drug-likeness (QED) is 0.837. The molecule has 1 aromatic carbocycles. The van der Waals surface area contributed by atoms with Gasteiger partial charge in [0.1, 0.15) is 13.2 Å². The fraction of sp³-hybridized carbons (Fsp3) is 0.529. The summed E-state index contributed by atoms with van der Waals surface area (Å²) in [7, 11) is 0. The molecule has 2 aliphatic rings. The van der Waals surface area contributed by atoms with E-state index < -0.39 is 0 Å². The average molecular weight is 318 g/mol. The Bertz CT molecular complexity index is 594. The van der Waals surface area contributed by atoms with E-state index in [1.54, 1.807) is 11.8 Å². The summed E-state index contributed by atoms with van der Waals surface area (Å²) in [6.45, 7) is 5.22. The normalized spacial score (nSPS) is 17.1. The first-order chi connectivity index (χ1) is 11.1. The Hall–Kier alpha value is -2.24. The van der Waals surface area contributed by atoms with E-state index in [1.165, 1.54) is 0 Å². The summed E-state index contributed by atoms with van der Waals surface area (Å²) in [5, 5.41) is 0. The van der Waals surface area contributed by atoms with Gasteiger partial charge in [0.2, 0.25) is 11.8 Å². The van der Waals surface area contributed by atoms with Crippen molar-refractivity contribution >= 4 is 11.8 Å². The maximum Gasteiger partial charge on any atom is 0.223 e. The van der Waals surface area contributed by atoms with Crippen LogP contribution in [0.3, 0.4) is 0 Å². The van der Waals surface area contributed by atoms with Crippen LogP contribution < -0.4 is 9.47 Å². The highest BCUT2D eigenvalue weighted by atomic mass is 16.6. The third-order valence-corrected chi connectivity index (χ3v) is 4.31. The van der Waals surface area contributed by atoms with Crippen LogP contribution in [0.2, 0.25) is 0 Å². The van der Waals surface area contributed by atoms with Crippen LogP contribution >= 0.6 is 0 Å². The van der Waals surface area contributed by atoms with Crippen LogP contribution in [0.1, 0.15) is 18.9 Å². The largest absolute Gasteiger partial charge is 0.486 e. The molecule has 2 amide bonds. The van der Waals surface area contributed by atoms with Gasteiger partial charge in [-0.15, -0.1) is 0 Å². The second-order valence-corrected chi connectivity index (χ2v) is 5.86. The molecule has 23 heavy (non-hydrogen) atoms. The molecule has 0 atom stereocenters. The van der Waals surface area contributed by atoms with Gasteiger partial charge in [0.15, 0.2) is 11.5 Å². The monoisotopic (exact) mass is 318 g/mol. The number of nitrogens with zero attached hydrogens (tertiary/aromatic N) is 2. The molecule has 2 aliphatic heterocycles. The molecule has 1 fully saturated rings. The molecule has 3 rings (SSSR count). The molecule has 0 aromatic heterocycles. The fourth-order valence-electron chi connectivity index (χ4n) is 2.92. The molecule has 6 nitrogen and oxygen atoms in total. The first-order valence-corrected chi connectivity index (χ1v) is 8.05. The molecule has 1 saturated heterocycles. The minimum Gasteiger partial charge on any atom is -0.486 e. The first kappa shape index (κ1) is 15.6. The van der Waals surface area contributed by atoms with Gasteiger partial charge < -0.3 is 19.3 Å². The zero-order valence-electron chi connectivity index (χ0n) is 13.4. The van der Waals surface area contributed by atoms with Crippen molar-refractivity contribution in [2.24, 2.45) is 0 Å². The van der Waals surface area contributed by atoms with Crippen LogP contribution in [0.4, 0.5) is 0 Å². The Morgan fingerprint density at radius 2 is 1.65 bits per heavy atom. The van der Waals surface area contributed by atoms with Crippen molar-refractivity contribution < 1.29 is 19.1 Å².